The average molecular weight is 479 g/mol. The zero-order valence-electron chi connectivity index (χ0n) is 19.7. The van der Waals surface area contributed by atoms with Gasteiger partial charge in [-0.25, -0.2) is 8.42 Å². The number of rotatable bonds is 6. The van der Waals surface area contributed by atoms with Gasteiger partial charge in [-0.15, -0.1) is 0 Å². The van der Waals surface area contributed by atoms with E-state index in [1.807, 2.05) is 42.5 Å². The third-order valence-electron chi connectivity index (χ3n) is 5.94. The van der Waals surface area contributed by atoms with E-state index in [-0.39, 0.29) is 29.4 Å². The second-order valence-electron chi connectivity index (χ2n) is 9.50. The van der Waals surface area contributed by atoms with Crippen LogP contribution in [-0.2, 0) is 33.2 Å². The van der Waals surface area contributed by atoms with Crippen molar-refractivity contribution in [2.45, 2.75) is 44.0 Å². The minimum Gasteiger partial charge on any atom is -0.484 e. The number of sulfonamides is 1. The lowest BCUT2D eigenvalue weighted by molar-refractivity contribution is -0.118. The van der Waals surface area contributed by atoms with Crippen LogP contribution in [0.4, 0.5) is 5.69 Å². The Bertz CT molecular complexity index is 1260. The minimum absolute atomic E-state index is 0.0539. The Hall–Kier alpha value is -3.16. The number of nitrogens with zero attached hydrogens (tertiary/aromatic N) is 1. The van der Waals surface area contributed by atoms with Gasteiger partial charge in [0, 0.05) is 18.8 Å². The predicted octanol–water partition coefficient (Wildman–Crippen LogP) is 4.75. The highest BCUT2D eigenvalue weighted by Gasteiger charge is 2.28. The van der Waals surface area contributed by atoms with E-state index in [0.29, 0.717) is 24.4 Å². The van der Waals surface area contributed by atoms with E-state index >= 15 is 0 Å². The van der Waals surface area contributed by atoms with Crippen LogP contribution >= 0.6 is 0 Å². The lowest BCUT2D eigenvalue weighted by Crippen LogP contribution is -2.36. The summed E-state index contributed by atoms with van der Waals surface area (Å²) >= 11 is 0. The van der Waals surface area contributed by atoms with Crippen molar-refractivity contribution in [1.82, 2.24) is 4.31 Å². The van der Waals surface area contributed by atoms with Crippen molar-refractivity contribution in [1.29, 1.82) is 0 Å². The van der Waals surface area contributed by atoms with Crippen LogP contribution in [0.25, 0.3) is 0 Å². The van der Waals surface area contributed by atoms with Gasteiger partial charge in [0.05, 0.1) is 4.90 Å². The van der Waals surface area contributed by atoms with Gasteiger partial charge in [0.15, 0.2) is 6.61 Å². The molecule has 6 nitrogen and oxygen atoms in total. The van der Waals surface area contributed by atoms with Gasteiger partial charge in [-0.3, -0.25) is 4.79 Å². The Morgan fingerprint density at radius 3 is 2.35 bits per heavy atom. The molecule has 1 heterocycles. The van der Waals surface area contributed by atoms with Crippen LogP contribution in [0.5, 0.6) is 5.75 Å². The van der Waals surface area contributed by atoms with Gasteiger partial charge in [-0.2, -0.15) is 4.31 Å². The molecule has 34 heavy (non-hydrogen) atoms. The van der Waals surface area contributed by atoms with E-state index in [4.69, 9.17) is 4.74 Å². The van der Waals surface area contributed by atoms with E-state index in [1.54, 1.807) is 30.3 Å². The molecule has 178 valence electrons. The van der Waals surface area contributed by atoms with Crippen molar-refractivity contribution >= 4 is 21.6 Å². The first-order valence-corrected chi connectivity index (χ1v) is 12.8. The summed E-state index contributed by atoms with van der Waals surface area (Å²) in [6.07, 6.45) is 0.628. The molecular weight excluding hydrogens is 448 g/mol. The Morgan fingerprint density at radius 2 is 1.68 bits per heavy atom. The Labute approximate surface area is 201 Å². The number of fused-ring (bicyclic) bond motifs is 1. The quantitative estimate of drug-likeness (QED) is 0.555. The van der Waals surface area contributed by atoms with Crippen molar-refractivity contribution in [3.63, 3.8) is 0 Å². The molecule has 3 aromatic carbocycles. The molecule has 0 saturated carbocycles. The first kappa shape index (κ1) is 24.0. The smallest absolute Gasteiger partial charge is 0.262 e. The SMILES string of the molecule is CC(C)(C)c1ccc(OCC(=O)Nc2ccc3c(c2)CN(S(=O)(=O)c2ccccc2)CC3)cc1. The second kappa shape index (κ2) is 9.60. The van der Waals surface area contributed by atoms with Crippen LogP contribution in [0.1, 0.15) is 37.5 Å². The number of benzene rings is 3. The lowest BCUT2D eigenvalue weighted by Gasteiger charge is -2.28. The van der Waals surface area contributed by atoms with Crippen LogP contribution in [0, 0.1) is 0 Å². The molecule has 0 radical (unpaired) electrons. The fraction of sp³-hybridized carbons (Fsp3) is 0.296. The summed E-state index contributed by atoms with van der Waals surface area (Å²) in [6, 6.07) is 21.8. The summed E-state index contributed by atoms with van der Waals surface area (Å²) in [4.78, 5) is 12.7. The highest BCUT2D eigenvalue weighted by atomic mass is 32.2. The fourth-order valence-electron chi connectivity index (χ4n) is 3.95. The summed E-state index contributed by atoms with van der Waals surface area (Å²) in [5, 5.41) is 2.85. The molecule has 0 unspecified atom stereocenters. The minimum atomic E-state index is -3.57. The molecule has 0 spiro atoms. The van der Waals surface area contributed by atoms with Gasteiger partial charge in [0.2, 0.25) is 10.0 Å². The molecule has 0 atom stereocenters. The third-order valence-corrected chi connectivity index (χ3v) is 7.80. The molecule has 0 aromatic heterocycles. The van der Waals surface area contributed by atoms with Gasteiger partial charge in [0.1, 0.15) is 5.75 Å². The molecule has 1 aliphatic heterocycles. The largest absolute Gasteiger partial charge is 0.484 e. The maximum atomic E-state index is 13.0. The maximum absolute atomic E-state index is 13.0. The number of amides is 1. The van der Waals surface area contributed by atoms with E-state index in [0.717, 1.165) is 11.1 Å². The molecule has 1 N–H and O–H groups in total. The average Bonchev–Trinajstić information content (AvgIpc) is 2.82. The van der Waals surface area contributed by atoms with Crippen molar-refractivity contribution in [2.75, 3.05) is 18.5 Å². The summed E-state index contributed by atoms with van der Waals surface area (Å²) in [5.74, 6) is 0.361. The lowest BCUT2D eigenvalue weighted by atomic mass is 9.87. The summed E-state index contributed by atoms with van der Waals surface area (Å²) in [7, 11) is -3.57. The molecule has 0 bridgehead atoms. The van der Waals surface area contributed by atoms with Crippen LogP contribution in [-0.4, -0.2) is 31.8 Å². The van der Waals surface area contributed by atoms with E-state index < -0.39 is 10.0 Å². The van der Waals surface area contributed by atoms with Gasteiger partial charge in [-0.1, -0.05) is 57.2 Å². The molecule has 0 saturated heterocycles. The number of anilines is 1. The molecule has 1 amide bonds. The molecule has 3 aromatic rings. The fourth-order valence-corrected chi connectivity index (χ4v) is 5.39. The normalized spacial score (nSPS) is 14.3. The van der Waals surface area contributed by atoms with E-state index in [9.17, 15) is 13.2 Å². The highest BCUT2D eigenvalue weighted by molar-refractivity contribution is 7.89. The number of carbonyl (C=O) groups excluding carboxylic acids is 1. The first-order valence-electron chi connectivity index (χ1n) is 11.3. The number of ether oxygens (including phenoxy) is 1. The monoisotopic (exact) mass is 478 g/mol. The number of hydrogen-bond donors (Lipinski definition) is 1. The highest BCUT2D eigenvalue weighted by Crippen LogP contribution is 2.27. The zero-order valence-corrected chi connectivity index (χ0v) is 20.6. The maximum Gasteiger partial charge on any atom is 0.262 e. The van der Waals surface area contributed by atoms with Crippen molar-refractivity contribution in [3.05, 3.63) is 89.5 Å². The van der Waals surface area contributed by atoms with Crippen LogP contribution in [0.15, 0.2) is 77.7 Å². The van der Waals surface area contributed by atoms with E-state index in [1.165, 1.54) is 9.87 Å². The van der Waals surface area contributed by atoms with Crippen LogP contribution in [0.2, 0.25) is 0 Å². The topological polar surface area (TPSA) is 75.7 Å². The Morgan fingerprint density at radius 1 is 0.971 bits per heavy atom. The molecule has 0 aliphatic carbocycles. The zero-order chi connectivity index (χ0) is 24.3. The Balaban J connectivity index is 1.38. The van der Waals surface area contributed by atoms with Crippen molar-refractivity contribution < 1.29 is 17.9 Å². The molecular formula is C27H30N2O4S. The predicted molar refractivity (Wildman–Crippen MR) is 133 cm³/mol. The van der Waals surface area contributed by atoms with Crippen molar-refractivity contribution in [3.8, 4) is 5.75 Å². The molecule has 0 fully saturated rings. The molecule has 7 heteroatoms. The Kier molecular flexibility index (Phi) is 6.77. The summed E-state index contributed by atoms with van der Waals surface area (Å²) < 4.78 is 33.1. The molecule has 1 aliphatic rings. The summed E-state index contributed by atoms with van der Waals surface area (Å²) in [5.41, 5.74) is 3.85. The van der Waals surface area contributed by atoms with E-state index in [2.05, 4.69) is 26.1 Å². The number of hydrogen-bond acceptors (Lipinski definition) is 4. The number of nitrogens with one attached hydrogen (secondary N) is 1. The van der Waals surface area contributed by atoms with Crippen LogP contribution < -0.4 is 10.1 Å². The number of carbonyl (C=O) groups is 1. The standard InChI is InChI=1S/C27H30N2O4S/c1-27(2,3)22-10-13-24(14-11-22)33-19-26(30)28-23-12-9-20-15-16-29(18-21(20)17-23)34(31,32)25-7-5-4-6-8-25/h4-14,17H,15-16,18-19H2,1-3H3,(H,28,30). The van der Waals surface area contributed by atoms with Crippen molar-refractivity contribution in [2.24, 2.45) is 0 Å². The van der Waals surface area contributed by atoms with Gasteiger partial charge in [0.25, 0.3) is 5.91 Å². The van der Waals surface area contributed by atoms with Gasteiger partial charge >= 0.3 is 0 Å². The molecule has 4 rings (SSSR count). The van der Waals surface area contributed by atoms with Gasteiger partial charge in [-0.05, 0) is 64.9 Å². The van der Waals surface area contributed by atoms with Gasteiger partial charge < -0.3 is 10.1 Å². The second-order valence-corrected chi connectivity index (χ2v) is 11.4. The van der Waals surface area contributed by atoms with Crippen LogP contribution in [0.3, 0.4) is 0 Å². The summed E-state index contributed by atoms with van der Waals surface area (Å²) in [6.45, 7) is 7.02. The first-order chi connectivity index (χ1) is 16.1. The third kappa shape index (κ3) is 5.48.